The summed E-state index contributed by atoms with van der Waals surface area (Å²) >= 11 is 0. The van der Waals surface area contributed by atoms with E-state index in [1.807, 2.05) is 6.20 Å². The lowest BCUT2D eigenvalue weighted by atomic mass is 9.97. The quantitative estimate of drug-likeness (QED) is 0.909. The Kier molecular flexibility index (Phi) is 4.01. The van der Waals surface area contributed by atoms with Crippen molar-refractivity contribution in [2.75, 3.05) is 0 Å². The summed E-state index contributed by atoms with van der Waals surface area (Å²) in [4.78, 5) is 4.49. The van der Waals surface area contributed by atoms with Crippen molar-refractivity contribution in [1.29, 1.82) is 0 Å². The molecule has 0 aliphatic heterocycles. The number of nitrogens with two attached hydrogens (primary N) is 1. The summed E-state index contributed by atoms with van der Waals surface area (Å²) in [7, 11) is 0. The van der Waals surface area contributed by atoms with Gasteiger partial charge in [0.05, 0.1) is 11.7 Å². The second-order valence-electron chi connectivity index (χ2n) is 5.44. The van der Waals surface area contributed by atoms with Crippen molar-refractivity contribution in [3.8, 4) is 0 Å². The zero-order valence-corrected chi connectivity index (χ0v) is 12.2. The van der Waals surface area contributed by atoms with Crippen LogP contribution in [-0.2, 0) is 6.42 Å². The molecule has 0 fully saturated rings. The van der Waals surface area contributed by atoms with Crippen molar-refractivity contribution in [2.24, 2.45) is 5.73 Å². The van der Waals surface area contributed by atoms with Crippen LogP contribution in [0.1, 0.15) is 39.6 Å². The molecule has 1 aromatic heterocycles. The van der Waals surface area contributed by atoms with Gasteiger partial charge in [0.2, 0.25) is 0 Å². The van der Waals surface area contributed by atoms with E-state index >= 15 is 0 Å². The van der Waals surface area contributed by atoms with Gasteiger partial charge in [-0.25, -0.2) is 0 Å². The Morgan fingerprint density at radius 3 is 2.37 bits per heavy atom. The van der Waals surface area contributed by atoms with Crippen LogP contribution in [0.5, 0.6) is 0 Å². The summed E-state index contributed by atoms with van der Waals surface area (Å²) in [5, 5.41) is 0. The number of aromatic nitrogens is 1. The molecule has 1 atom stereocenters. The van der Waals surface area contributed by atoms with Gasteiger partial charge in [-0.3, -0.25) is 4.98 Å². The average Bonchev–Trinajstić information content (AvgIpc) is 2.33. The Hall–Kier alpha value is -1.67. The van der Waals surface area contributed by atoms with Crippen molar-refractivity contribution in [1.82, 2.24) is 4.98 Å². The highest BCUT2D eigenvalue weighted by atomic mass is 14.8. The predicted molar refractivity (Wildman–Crippen MR) is 80.3 cm³/mol. The predicted octanol–water partition coefficient (Wildman–Crippen LogP) is 3.56. The van der Waals surface area contributed by atoms with Crippen LogP contribution in [-0.4, -0.2) is 4.98 Å². The van der Waals surface area contributed by atoms with Crippen molar-refractivity contribution in [3.63, 3.8) is 0 Å². The van der Waals surface area contributed by atoms with Crippen molar-refractivity contribution in [3.05, 3.63) is 64.0 Å². The standard InChI is InChI=1S/C17H22N2/c1-11-7-14(4)17(19-10-11)16(18)9-15-6-5-12(2)13(3)8-15/h5-8,10,16H,9,18H2,1-4H3. The van der Waals surface area contributed by atoms with Gasteiger partial charge in [0.15, 0.2) is 0 Å². The van der Waals surface area contributed by atoms with Gasteiger partial charge in [-0.2, -0.15) is 0 Å². The third-order valence-electron chi connectivity index (χ3n) is 3.63. The van der Waals surface area contributed by atoms with Gasteiger partial charge >= 0.3 is 0 Å². The van der Waals surface area contributed by atoms with E-state index in [0.29, 0.717) is 0 Å². The van der Waals surface area contributed by atoms with E-state index < -0.39 is 0 Å². The van der Waals surface area contributed by atoms with Gasteiger partial charge in [0.25, 0.3) is 0 Å². The minimum absolute atomic E-state index is 0.0392. The first-order valence-electron chi connectivity index (χ1n) is 6.72. The topological polar surface area (TPSA) is 38.9 Å². The summed E-state index contributed by atoms with van der Waals surface area (Å²) in [5.41, 5.74) is 13.6. The van der Waals surface area contributed by atoms with Gasteiger partial charge in [-0.05, 0) is 61.9 Å². The number of nitrogens with zero attached hydrogens (tertiary/aromatic N) is 1. The number of benzene rings is 1. The fourth-order valence-corrected chi connectivity index (χ4v) is 2.40. The molecular weight excluding hydrogens is 232 g/mol. The van der Waals surface area contributed by atoms with E-state index in [1.54, 1.807) is 0 Å². The van der Waals surface area contributed by atoms with Gasteiger partial charge in [0, 0.05) is 6.20 Å². The summed E-state index contributed by atoms with van der Waals surface area (Å²) in [6.45, 7) is 8.40. The number of aryl methyl sites for hydroxylation is 4. The Labute approximate surface area is 115 Å². The normalized spacial score (nSPS) is 12.5. The Morgan fingerprint density at radius 1 is 1.00 bits per heavy atom. The molecule has 0 bridgehead atoms. The monoisotopic (exact) mass is 254 g/mol. The summed E-state index contributed by atoms with van der Waals surface area (Å²) in [5.74, 6) is 0. The van der Waals surface area contributed by atoms with Crippen LogP contribution >= 0.6 is 0 Å². The third kappa shape index (κ3) is 3.21. The Morgan fingerprint density at radius 2 is 1.74 bits per heavy atom. The van der Waals surface area contributed by atoms with Crippen LogP contribution < -0.4 is 5.73 Å². The largest absolute Gasteiger partial charge is 0.322 e. The molecule has 0 saturated carbocycles. The van der Waals surface area contributed by atoms with Crippen molar-refractivity contribution < 1.29 is 0 Å². The van der Waals surface area contributed by atoms with E-state index in [9.17, 15) is 0 Å². The van der Waals surface area contributed by atoms with Crippen LogP contribution in [0, 0.1) is 27.7 Å². The number of rotatable bonds is 3. The second-order valence-corrected chi connectivity index (χ2v) is 5.44. The molecule has 2 N–H and O–H groups in total. The lowest BCUT2D eigenvalue weighted by molar-refractivity contribution is 0.689. The molecule has 2 nitrogen and oxygen atoms in total. The van der Waals surface area contributed by atoms with Crippen LogP contribution in [0.4, 0.5) is 0 Å². The summed E-state index contributed by atoms with van der Waals surface area (Å²) < 4.78 is 0. The minimum atomic E-state index is -0.0392. The smallest absolute Gasteiger partial charge is 0.0603 e. The van der Waals surface area contributed by atoms with E-state index in [2.05, 4.69) is 56.9 Å². The Balaban J connectivity index is 2.20. The van der Waals surface area contributed by atoms with Crippen molar-refractivity contribution in [2.45, 2.75) is 40.2 Å². The maximum absolute atomic E-state index is 6.30. The number of pyridine rings is 1. The minimum Gasteiger partial charge on any atom is -0.322 e. The van der Waals surface area contributed by atoms with E-state index in [4.69, 9.17) is 5.73 Å². The van der Waals surface area contributed by atoms with E-state index in [1.165, 1.54) is 27.8 Å². The molecule has 0 aliphatic rings. The molecule has 1 heterocycles. The molecule has 1 unspecified atom stereocenters. The number of hydrogen-bond acceptors (Lipinski definition) is 2. The molecule has 2 rings (SSSR count). The zero-order chi connectivity index (χ0) is 14.0. The summed E-state index contributed by atoms with van der Waals surface area (Å²) in [6, 6.07) is 8.64. The fraction of sp³-hybridized carbons (Fsp3) is 0.353. The molecule has 2 aromatic rings. The highest BCUT2D eigenvalue weighted by Crippen LogP contribution is 2.19. The molecule has 0 amide bonds. The lowest BCUT2D eigenvalue weighted by Crippen LogP contribution is -2.16. The maximum Gasteiger partial charge on any atom is 0.0603 e. The first-order chi connectivity index (χ1) is 8.97. The first kappa shape index (κ1) is 13.8. The SMILES string of the molecule is Cc1cnc(C(N)Cc2ccc(C)c(C)c2)c(C)c1. The molecule has 19 heavy (non-hydrogen) atoms. The average molecular weight is 254 g/mol. The molecular formula is C17H22N2. The molecule has 0 radical (unpaired) electrons. The van der Waals surface area contributed by atoms with Gasteiger partial charge in [-0.1, -0.05) is 24.3 Å². The fourth-order valence-electron chi connectivity index (χ4n) is 2.40. The highest BCUT2D eigenvalue weighted by Gasteiger charge is 2.11. The van der Waals surface area contributed by atoms with Crippen LogP contribution in [0.15, 0.2) is 30.5 Å². The van der Waals surface area contributed by atoms with Crippen LogP contribution in [0.2, 0.25) is 0 Å². The second kappa shape index (κ2) is 5.54. The molecule has 0 spiro atoms. The molecule has 0 saturated heterocycles. The van der Waals surface area contributed by atoms with E-state index in [-0.39, 0.29) is 6.04 Å². The Bertz CT molecular complexity index is 588. The maximum atomic E-state index is 6.30. The molecule has 100 valence electrons. The van der Waals surface area contributed by atoms with Crippen molar-refractivity contribution >= 4 is 0 Å². The molecule has 2 heteroatoms. The molecule has 1 aromatic carbocycles. The zero-order valence-electron chi connectivity index (χ0n) is 12.2. The number of hydrogen-bond donors (Lipinski definition) is 1. The van der Waals surface area contributed by atoms with Gasteiger partial charge in [0.1, 0.15) is 0 Å². The van der Waals surface area contributed by atoms with Gasteiger partial charge in [-0.15, -0.1) is 0 Å². The van der Waals surface area contributed by atoms with Crippen LogP contribution in [0.25, 0.3) is 0 Å². The first-order valence-corrected chi connectivity index (χ1v) is 6.72. The summed E-state index contributed by atoms with van der Waals surface area (Å²) in [6.07, 6.45) is 2.72. The molecule has 0 aliphatic carbocycles. The van der Waals surface area contributed by atoms with E-state index in [0.717, 1.165) is 12.1 Å². The lowest BCUT2D eigenvalue weighted by Gasteiger charge is -2.15. The third-order valence-corrected chi connectivity index (χ3v) is 3.63. The van der Waals surface area contributed by atoms with Crippen LogP contribution in [0.3, 0.4) is 0 Å². The highest BCUT2D eigenvalue weighted by molar-refractivity contribution is 5.32. The van der Waals surface area contributed by atoms with Gasteiger partial charge < -0.3 is 5.73 Å².